The van der Waals surface area contributed by atoms with Crippen LogP contribution in [0.15, 0.2) is 0 Å². The van der Waals surface area contributed by atoms with Crippen molar-refractivity contribution in [3.05, 3.63) is 0 Å². The average Bonchev–Trinajstić information content (AvgIpc) is 2.30. The Morgan fingerprint density at radius 1 is 1.31 bits per heavy atom. The molecule has 2 rings (SSSR count). The van der Waals surface area contributed by atoms with Gasteiger partial charge in [-0.1, -0.05) is 0 Å². The largest absolute Gasteiger partial charge is 0.378 e. The predicted octanol–water partition coefficient (Wildman–Crippen LogP) is 0.764. The summed E-state index contributed by atoms with van der Waals surface area (Å²) in [6, 6.07) is 0.622. The number of nitrogens with zero attached hydrogens (tertiary/aromatic N) is 1. The number of likely N-dealkylation sites (tertiary alicyclic amines) is 1. The van der Waals surface area contributed by atoms with Crippen LogP contribution in [0.1, 0.15) is 33.1 Å². The molecule has 1 N–H and O–H groups in total. The van der Waals surface area contributed by atoms with Crippen LogP contribution in [-0.2, 0) is 9.53 Å². The molecule has 92 valence electrons. The van der Waals surface area contributed by atoms with E-state index in [2.05, 4.69) is 24.1 Å². The molecule has 1 amide bonds. The monoisotopic (exact) mass is 226 g/mol. The number of carbonyl (C=O) groups excluding carboxylic acids is 1. The van der Waals surface area contributed by atoms with E-state index in [-0.39, 0.29) is 11.9 Å². The molecule has 2 fully saturated rings. The molecule has 4 heteroatoms. The van der Waals surface area contributed by atoms with Crippen LogP contribution in [-0.4, -0.2) is 48.7 Å². The summed E-state index contributed by atoms with van der Waals surface area (Å²) >= 11 is 0. The number of morpholine rings is 1. The molecule has 0 saturated carbocycles. The van der Waals surface area contributed by atoms with Gasteiger partial charge in [-0.2, -0.15) is 0 Å². The van der Waals surface area contributed by atoms with Crippen molar-refractivity contribution in [3.8, 4) is 0 Å². The van der Waals surface area contributed by atoms with Gasteiger partial charge in [-0.3, -0.25) is 4.79 Å². The van der Waals surface area contributed by atoms with Gasteiger partial charge in [0.2, 0.25) is 5.91 Å². The SMILES string of the molecule is C[C@@H]1CCC[C@H](C)N1C(=O)C1COCCN1. The van der Waals surface area contributed by atoms with Crippen LogP contribution < -0.4 is 5.32 Å². The zero-order chi connectivity index (χ0) is 11.5. The van der Waals surface area contributed by atoms with Crippen molar-refractivity contribution in [2.45, 2.75) is 51.2 Å². The minimum atomic E-state index is -0.128. The summed E-state index contributed by atoms with van der Waals surface area (Å²) in [5.41, 5.74) is 0. The summed E-state index contributed by atoms with van der Waals surface area (Å²) < 4.78 is 5.35. The van der Waals surface area contributed by atoms with Crippen molar-refractivity contribution in [3.63, 3.8) is 0 Å². The Balaban J connectivity index is 2.00. The van der Waals surface area contributed by atoms with E-state index in [4.69, 9.17) is 4.74 Å². The molecule has 2 aliphatic rings. The highest BCUT2D eigenvalue weighted by Crippen LogP contribution is 2.23. The van der Waals surface area contributed by atoms with Gasteiger partial charge in [-0.05, 0) is 33.1 Å². The van der Waals surface area contributed by atoms with Gasteiger partial charge in [0.1, 0.15) is 6.04 Å². The minimum absolute atomic E-state index is 0.128. The molecule has 0 aromatic carbocycles. The Morgan fingerprint density at radius 2 is 2.00 bits per heavy atom. The molecule has 3 atom stereocenters. The number of carbonyl (C=O) groups is 1. The lowest BCUT2D eigenvalue weighted by Crippen LogP contribution is -2.57. The third-order valence-corrected chi connectivity index (χ3v) is 3.67. The standard InChI is InChI=1S/C12H22N2O2/c1-9-4-3-5-10(2)14(9)12(15)11-8-16-7-6-13-11/h9-11,13H,3-8H2,1-2H3/t9-,10+,11?. The molecule has 2 aliphatic heterocycles. The number of rotatable bonds is 1. The Hall–Kier alpha value is -0.610. The molecule has 2 heterocycles. The number of hydrogen-bond acceptors (Lipinski definition) is 3. The van der Waals surface area contributed by atoms with E-state index in [1.54, 1.807) is 0 Å². The molecule has 4 nitrogen and oxygen atoms in total. The first kappa shape index (κ1) is 11.9. The number of amides is 1. The Morgan fingerprint density at radius 3 is 2.56 bits per heavy atom. The average molecular weight is 226 g/mol. The van der Waals surface area contributed by atoms with Crippen LogP contribution in [0, 0.1) is 0 Å². The number of hydrogen-bond donors (Lipinski definition) is 1. The van der Waals surface area contributed by atoms with Crippen LogP contribution in [0.25, 0.3) is 0 Å². The van der Waals surface area contributed by atoms with Gasteiger partial charge in [0.05, 0.1) is 13.2 Å². The van der Waals surface area contributed by atoms with Gasteiger partial charge in [0.25, 0.3) is 0 Å². The zero-order valence-electron chi connectivity index (χ0n) is 10.2. The highest BCUT2D eigenvalue weighted by Gasteiger charge is 2.33. The topological polar surface area (TPSA) is 41.6 Å². The lowest BCUT2D eigenvalue weighted by molar-refractivity contribution is -0.142. The smallest absolute Gasteiger partial charge is 0.242 e. The Kier molecular flexibility index (Phi) is 3.82. The number of nitrogens with one attached hydrogen (secondary N) is 1. The second-order valence-electron chi connectivity index (χ2n) is 4.96. The highest BCUT2D eigenvalue weighted by atomic mass is 16.5. The molecule has 0 radical (unpaired) electrons. The summed E-state index contributed by atoms with van der Waals surface area (Å²) in [4.78, 5) is 14.4. The van der Waals surface area contributed by atoms with E-state index in [0.717, 1.165) is 26.0 Å². The number of piperidine rings is 1. The molecule has 0 bridgehead atoms. The fraction of sp³-hybridized carbons (Fsp3) is 0.917. The Labute approximate surface area is 97.3 Å². The molecule has 16 heavy (non-hydrogen) atoms. The summed E-state index contributed by atoms with van der Waals surface area (Å²) in [5, 5.41) is 3.24. The molecule has 0 spiro atoms. The van der Waals surface area contributed by atoms with Crippen LogP contribution >= 0.6 is 0 Å². The van der Waals surface area contributed by atoms with Crippen LogP contribution in [0.4, 0.5) is 0 Å². The van der Waals surface area contributed by atoms with E-state index in [1.165, 1.54) is 6.42 Å². The third-order valence-electron chi connectivity index (χ3n) is 3.67. The Bertz CT molecular complexity index is 241. The normalized spacial score (nSPS) is 36.1. The van der Waals surface area contributed by atoms with E-state index in [1.807, 2.05) is 0 Å². The van der Waals surface area contributed by atoms with Crippen molar-refractivity contribution >= 4 is 5.91 Å². The van der Waals surface area contributed by atoms with Crippen LogP contribution in [0.5, 0.6) is 0 Å². The molecular weight excluding hydrogens is 204 g/mol. The van der Waals surface area contributed by atoms with Crippen LogP contribution in [0.2, 0.25) is 0 Å². The van der Waals surface area contributed by atoms with Gasteiger partial charge in [0.15, 0.2) is 0 Å². The quantitative estimate of drug-likeness (QED) is 0.718. The molecule has 1 unspecified atom stereocenters. The van der Waals surface area contributed by atoms with E-state index in [0.29, 0.717) is 18.7 Å². The predicted molar refractivity (Wildman–Crippen MR) is 62.2 cm³/mol. The lowest BCUT2D eigenvalue weighted by atomic mass is 9.96. The van der Waals surface area contributed by atoms with Gasteiger partial charge in [-0.25, -0.2) is 0 Å². The minimum Gasteiger partial charge on any atom is -0.378 e. The first-order valence-corrected chi connectivity index (χ1v) is 6.33. The van der Waals surface area contributed by atoms with Crippen molar-refractivity contribution in [2.75, 3.05) is 19.8 Å². The van der Waals surface area contributed by atoms with Gasteiger partial charge in [-0.15, -0.1) is 0 Å². The molecule has 0 aliphatic carbocycles. The van der Waals surface area contributed by atoms with Crippen LogP contribution in [0.3, 0.4) is 0 Å². The van der Waals surface area contributed by atoms with Crippen molar-refractivity contribution in [1.29, 1.82) is 0 Å². The van der Waals surface area contributed by atoms with Gasteiger partial charge < -0.3 is 15.0 Å². The molecule has 0 aromatic heterocycles. The second-order valence-corrected chi connectivity index (χ2v) is 4.96. The van der Waals surface area contributed by atoms with E-state index >= 15 is 0 Å². The first-order valence-electron chi connectivity index (χ1n) is 6.33. The van der Waals surface area contributed by atoms with Crippen molar-refractivity contribution in [1.82, 2.24) is 10.2 Å². The summed E-state index contributed by atoms with van der Waals surface area (Å²) in [5.74, 6) is 0.222. The van der Waals surface area contributed by atoms with Crippen molar-refractivity contribution < 1.29 is 9.53 Å². The zero-order valence-corrected chi connectivity index (χ0v) is 10.2. The maximum atomic E-state index is 12.4. The highest BCUT2D eigenvalue weighted by molar-refractivity contribution is 5.82. The fourth-order valence-electron chi connectivity index (χ4n) is 2.76. The molecule has 0 aromatic rings. The number of ether oxygens (including phenoxy) is 1. The summed E-state index contributed by atoms with van der Waals surface area (Å²) in [6.45, 7) is 6.32. The van der Waals surface area contributed by atoms with Gasteiger partial charge in [0, 0.05) is 18.6 Å². The molecular formula is C12H22N2O2. The third kappa shape index (κ3) is 2.38. The summed E-state index contributed by atoms with van der Waals surface area (Å²) in [6.07, 6.45) is 3.49. The lowest BCUT2D eigenvalue weighted by Gasteiger charge is -2.41. The van der Waals surface area contributed by atoms with Crippen molar-refractivity contribution in [2.24, 2.45) is 0 Å². The van der Waals surface area contributed by atoms with E-state index in [9.17, 15) is 4.79 Å². The van der Waals surface area contributed by atoms with Gasteiger partial charge >= 0.3 is 0 Å². The maximum Gasteiger partial charge on any atom is 0.242 e. The molecule has 2 saturated heterocycles. The maximum absolute atomic E-state index is 12.4. The summed E-state index contributed by atoms with van der Waals surface area (Å²) in [7, 11) is 0. The van der Waals surface area contributed by atoms with E-state index < -0.39 is 0 Å². The fourth-order valence-corrected chi connectivity index (χ4v) is 2.76. The second kappa shape index (κ2) is 5.15. The first-order chi connectivity index (χ1) is 7.70.